The maximum Gasteiger partial charge on any atom is 0.127 e. The van der Waals surface area contributed by atoms with Crippen molar-refractivity contribution in [1.29, 1.82) is 10.8 Å². The second-order valence-corrected chi connectivity index (χ2v) is 12.8. The molecule has 5 aromatic rings. The highest BCUT2D eigenvalue weighted by Crippen LogP contribution is 2.39. The molecule has 0 saturated carbocycles. The molecule has 0 saturated heterocycles. The zero-order chi connectivity index (χ0) is 36.8. The lowest BCUT2D eigenvalue weighted by molar-refractivity contribution is 0.377. The minimum atomic E-state index is -0.414. The molecule has 0 aliphatic carbocycles. The van der Waals surface area contributed by atoms with Crippen molar-refractivity contribution in [1.82, 2.24) is 20.0 Å². The molecule has 0 bridgehead atoms. The quantitative estimate of drug-likeness (QED) is 0.0730. The first kappa shape index (κ1) is 35.8. The Morgan fingerprint density at radius 3 is 2.21 bits per heavy atom. The normalized spacial score (nSPS) is 13.1. The molecule has 52 heavy (non-hydrogen) atoms. The van der Waals surface area contributed by atoms with Crippen LogP contribution in [0.15, 0.2) is 82.3 Å². The standard InChI is InChI=1S/C38H38ClFN12/c1-24-5-6-27(18-37(24)51-45-11-12-46-51)17-30-15-25(2)31(23-38(30)52-47-13-14-50(52)4)32-22-34(40)28(21-36(32)49-44-10-8-42)19-29-20-33(39)26(3)16-35(29)48-43-9-7-41/h5-13,15-16,18,20-23,41-42,48-49H,14,17,19H2,1-4H3/b41-7?,42-8?,43-9-,44-10-. The van der Waals surface area contributed by atoms with Crippen LogP contribution in [0.1, 0.15) is 38.9 Å². The van der Waals surface area contributed by atoms with Crippen molar-refractivity contribution in [3.8, 4) is 16.8 Å². The molecule has 4 aromatic carbocycles. The molecular weight excluding hydrogens is 679 g/mol. The largest absolute Gasteiger partial charge is 0.307 e. The van der Waals surface area contributed by atoms with Gasteiger partial charge in [-0.25, -0.2) is 4.39 Å². The molecule has 264 valence electrons. The van der Waals surface area contributed by atoms with E-state index >= 15 is 4.39 Å². The molecule has 0 radical (unpaired) electrons. The van der Waals surface area contributed by atoms with Crippen LogP contribution in [0.2, 0.25) is 5.02 Å². The molecule has 4 N–H and O–H groups in total. The second kappa shape index (κ2) is 15.9. The van der Waals surface area contributed by atoms with Gasteiger partial charge in [-0.2, -0.15) is 40.4 Å². The summed E-state index contributed by atoms with van der Waals surface area (Å²) in [6, 6.07) is 17.3. The fourth-order valence-corrected chi connectivity index (χ4v) is 6.28. The predicted octanol–water partition coefficient (Wildman–Crippen LogP) is 7.58. The van der Waals surface area contributed by atoms with Crippen LogP contribution >= 0.6 is 11.6 Å². The van der Waals surface area contributed by atoms with Crippen LogP contribution < -0.4 is 16.0 Å². The number of hydrazine groups is 1. The lowest BCUT2D eigenvalue weighted by Gasteiger charge is -2.27. The molecule has 0 amide bonds. The van der Waals surface area contributed by atoms with E-state index in [0.717, 1.165) is 62.7 Å². The first-order chi connectivity index (χ1) is 25.2. The Hall–Kier alpha value is -6.05. The van der Waals surface area contributed by atoms with Gasteiger partial charge >= 0.3 is 0 Å². The number of benzene rings is 4. The number of halogens is 2. The average molecular weight is 717 g/mol. The Kier molecular flexibility index (Phi) is 10.9. The van der Waals surface area contributed by atoms with Gasteiger partial charge in [-0.1, -0.05) is 29.8 Å². The van der Waals surface area contributed by atoms with E-state index in [4.69, 9.17) is 22.4 Å². The molecule has 0 unspecified atom stereocenters. The van der Waals surface area contributed by atoms with Crippen molar-refractivity contribution >= 4 is 59.7 Å². The molecule has 6 rings (SSSR count). The number of hydrazone groups is 3. The molecule has 0 spiro atoms. The number of anilines is 3. The van der Waals surface area contributed by atoms with Crippen molar-refractivity contribution in [2.45, 2.75) is 33.6 Å². The zero-order valence-electron chi connectivity index (χ0n) is 29.2. The van der Waals surface area contributed by atoms with Crippen LogP contribution in [0.3, 0.4) is 0 Å². The Labute approximate surface area is 306 Å². The Balaban J connectivity index is 1.44. The van der Waals surface area contributed by atoms with Gasteiger partial charge in [-0.15, -0.1) is 0 Å². The van der Waals surface area contributed by atoms with Gasteiger partial charge in [0.1, 0.15) is 5.82 Å². The lowest BCUT2D eigenvalue weighted by Crippen LogP contribution is -2.32. The highest BCUT2D eigenvalue weighted by molar-refractivity contribution is 6.31. The molecular formula is C38H38ClFN12. The Morgan fingerprint density at radius 2 is 1.52 bits per heavy atom. The molecule has 1 aromatic heterocycles. The third-order valence-electron chi connectivity index (χ3n) is 8.71. The SMILES string of the molecule is Cc1cc(N/N=C\C=N)c(Cc2cc(N/N=C\C=N)c(-c3cc(N4N=CCN4C)c(Cc4ccc(C)c(-n5nccn5)c4)cc3C)cc2F)cc1Cl. The minimum absolute atomic E-state index is 0.195. The van der Waals surface area contributed by atoms with E-state index in [9.17, 15) is 0 Å². The van der Waals surface area contributed by atoms with Crippen molar-refractivity contribution in [2.75, 3.05) is 29.6 Å². The van der Waals surface area contributed by atoms with E-state index in [1.807, 2.05) is 56.3 Å². The summed E-state index contributed by atoms with van der Waals surface area (Å²) < 4.78 is 16.3. The van der Waals surface area contributed by atoms with E-state index in [1.165, 1.54) is 18.5 Å². The fourth-order valence-electron chi connectivity index (χ4n) is 6.09. The van der Waals surface area contributed by atoms with Crippen molar-refractivity contribution in [2.24, 2.45) is 15.3 Å². The number of rotatable bonds is 13. The number of nitrogens with zero attached hydrogens (tertiary/aromatic N) is 8. The number of aromatic nitrogens is 3. The van der Waals surface area contributed by atoms with Crippen molar-refractivity contribution < 1.29 is 4.39 Å². The van der Waals surface area contributed by atoms with Gasteiger partial charge in [0, 0.05) is 42.7 Å². The maximum absolute atomic E-state index is 16.3. The molecule has 14 heteroatoms. The minimum Gasteiger partial charge on any atom is -0.307 e. The predicted molar refractivity (Wildman–Crippen MR) is 210 cm³/mol. The van der Waals surface area contributed by atoms with Gasteiger partial charge in [0.2, 0.25) is 0 Å². The zero-order valence-corrected chi connectivity index (χ0v) is 29.9. The summed E-state index contributed by atoms with van der Waals surface area (Å²) in [5.74, 6) is -0.414. The Morgan fingerprint density at radius 1 is 0.788 bits per heavy atom. The van der Waals surface area contributed by atoms with Crippen molar-refractivity contribution in [3.63, 3.8) is 0 Å². The van der Waals surface area contributed by atoms with E-state index in [0.29, 0.717) is 40.5 Å². The molecule has 2 heterocycles. The number of aryl methyl sites for hydroxylation is 3. The van der Waals surface area contributed by atoms with Gasteiger partial charge in [-0.05, 0) is 108 Å². The van der Waals surface area contributed by atoms with E-state index in [1.54, 1.807) is 29.3 Å². The topological polar surface area (TPSA) is 146 Å². The van der Waals surface area contributed by atoms with Crippen LogP contribution in [0.5, 0.6) is 0 Å². The lowest BCUT2D eigenvalue weighted by atomic mass is 9.91. The van der Waals surface area contributed by atoms with Crippen molar-refractivity contribution in [3.05, 3.63) is 117 Å². The highest BCUT2D eigenvalue weighted by Gasteiger charge is 2.23. The third kappa shape index (κ3) is 7.80. The van der Waals surface area contributed by atoms with Crippen LogP contribution in [0, 0.1) is 37.4 Å². The first-order valence-corrected chi connectivity index (χ1v) is 16.9. The first-order valence-electron chi connectivity index (χ1n) is 16.5. The van der Waals surface area contributed by atoms with Crippen LogP contribution in [-0.4, -0.2) is 64.7 Å². The number of nitrogens with one attached hydrogen (secondary N) is 4. The molecule has 0 atom stereocenters. The summed E-state index contributed by atoms with van der Waals surface area (Å²) in [6.45, 7) is 6.55. The van der Waals surface area contributed by atoms with Crippen LogP contribution in [-0.2, 0) is 12.8 Å². The smallest absolute Gasteiger partial charge is 0.127 e. The van der Waals surface area contributed by atoms with Crippen LogP contribution in [0.25, 0.3) is 16.8 Å². The summed E-state index contributed by atoms with van der Waals surface area (Å²) >= 11 is 6.50. The molecule has 1 aliphatic rings. The average Bonchev–Trinajstić information content (AvgIpc) is 3.82. The second-order valence-electron chi connectivity index (χ2n) is 12.4. The van der Waals surface area contributed by atoms with Crippen LogP contribution in [0.4, 0.5) is 21.5 Å². The monoisotopic (exact) mass is 716 g/mol. The number of hydrogen-bond donors (Lipinski definition) is 4. The summed E-state index contributed by atoms with van der Waals surface area (Å²) in [6.07, 6.45) is 10.7. The summed E-state index contributed by atoms with van der Waals surface area (Å²) in [4.78, 5) is 1.62. The van der Waals surface area contributed by atoms with Gasteiger partial charge in [0.25, 0.3) is 0 Å². The molecule has 12 nitrogen and oxygen atoms in total. The maximum atomic E-state index is 16.3. The van der Waals surface area contributed by atoms with E-state index in [2.05, 4.69) is 60.6 Å². The van der Waals surface area contributed by atoms with Gasteiger partial charge in [-0.3, -0.25) is 10.9 Å². The fraction of sp³-hybridized carbons (Fsp3) is 0.184. The van der Waals surface area contributed by atoms with Gasteiger partial charge < -0.3 is 10.8 Å². The molecule has 1 aliphatic heterocycles. The third-order valence-corrected chi connectivity index (χ3v) is 9.12. The number of hydrogen-bond acceptors (Lipinski definition) is 11. The van der Waals surface area contributed by atoms with Gasteiger partial charge in [0.15, 0.2) is 0 Å². The highest BCUT2D eigenvalue weighted by atomic mass is 35.5. The van der Waals surface area contributed by atoms with Gasteiger partial charge in [0.05, 0.1) is 54.1 Å². The van der Waals surface area contributed by atoms with E-state index < -0.39 is 5.82 Å². The van der Waals surface area contributed by atoms with E-state index in [-0.39, 0.29) is 6.42 Å². The summed E-state index contributed by atoms with van der Waals surface area (Å²) in [7, 11) is 1.97. The Bertz CT molecular complexity index is 2210. The summed E-state index contributed by atoms with van der Waals surface area (Å²) in [5.41, 5.74) is 16.4. The summed E-state index contributed by atoms with van der Waals surface area (Å²) in [5, 5.41) is 40.7. The molecule has 0 fully saturated rings.